The molecule has 2 aliphatic rings. The summed E-state index contributed by atoms with van der Waals surface area (Å²) in [6, 6.07) is 8.12. The van der Waals surface area contributed by atoms with Gasteiger partial charge in [0, 0.05) is 39.6 Å². The van der Waals surface area contributed by atoms with Crippen molar-refractivity contribution in [2.45, 2.75) is 32.1 Å². The fraction of sp³-hybridized carbons (Fsp3) is 0.435. The van der Waals surface area contributed by atoms with Crippen LogP contribution in [-0.4, -0.2) is 71.7 Å². The van der Waals surface area contributed by atoms with Gasteiger partial charge in [-0.2, -0.15) is 0 Å². The van der Waals surface area contributed by atoms with Crippen molar-refractivity contribution in [2.24, 2.45) is 0 Å². The molecule has 9 heteroatoms. The number of amides is 1. The van der Waals surface area contributed by atoms with E-state index in [4.69, 9.17) is 18.9 Å². The largest absolute Gasteiger partial charge is 0.490 e. The van der Waals surface area contributed by atoms with Crippen LogP contribution in [0.4, 0.5) is 0 Å². The molecule has 4 rings (SSSR count). The number of benzene rings is 1. The quantitative estimate of drug-likeness (QED) is 0.675. The monoisotopic (exact) mass is 442 g/mol. The Kier molecular flexibility index (Phi) is 6.29. The number of ether oxygens (including phenoxy) is 4. The number of fused-ring (bicyclic) bond motifs is 1. The maximum atomic E-state index is 13.3. The molecule has 2 aliphatic heterocycles. The molecule has 1 amide bonds. The number of carbonyl (C=O) groups excluding carboxylic acids is 2. The second-order valence-electron chi connectivity index (χ2n) is 8.03. The normalized spacial score (nSPS) is 19.5. The third-order valence-corrected chi connectivity index (χ3v) is 5.28. The summed E-state index contributed by atoms with van der Waals surface area (Å²) >= 11 is 0. The molecule has 1 unspecified atom stereocenters. The van der Waals surface area contributed by atoms with Crippen LogP contribution in [0.1, 0.15) is 40.3 Å². The van der Waals surface area contributed by atoms with Gasteiger partial charge in [-0.05, 0) is 24.3 Å². The number of esters is 1. The van der Waals surface area contributed by atoms with Crippen LogP contribution in [-0.2, 0) is 15.9 Å². The Bertz CT molecular complexity index is 1010. The molecule has 1 saturated heterocycles. The van der Waals surface area contributed by atoms with Gasteiger partial charge in [0.2, 0.25) is 5.79 Å². The minimum Gasteiger partial charge on any atom is -0.490 e. The minimum atomic E-state index is -1.06. The van der Waals surface area contributed by atoms with E-state index in [1.165, 1.54) is 0 Å². The fourth-order valence-corrected chi connectivity index (χ4v) is 3.82. The Morgan fingerprint density at radius 3 is 2.94 bits per heavy atom. The molecule has 170 valence electrons. The van der Waals surface area contributed by atoms with E-state index in [9.17, 15) is 14.7 Å². The molecule has 0 spiro atoms. The molecule has 1 atom stereocenters. The van der Waals surface area contributed by atoms with E-state index in [1.807, 2.05) is 0 Å². The van der Waals surface area contributed by atoms with Gasteiger partial charge in [-0.3, -0.25) is 9.78 Å². The van der Waals surface area contributed by atoms with Crippen molar-refractivity contribution < 1.29 is 33.6 Å². The number of hydrogen-bond donors (Lipinski definition) is 1. The summed E-state index contributed by atoms with van der Waals surface area (Å²) in [5.74, 6) is -1.07. The lowest BCUT2D eigenvalue weighted by atomic mass is 10.1. The number of cyclic esters (lactones) is 1. The second-order valence-corrected chi connectivity index (χ2v) is 8.03. The average Bonchev–Trinajstić information content (AvgIpc) is 2.77. The average molecular weight is 442 g/mol. The second kappa shape index (κ2) is 9.13. The SMILES string of the molecule is CC1(C)OC(=O)c2c(OCC3COCCN3C(=O)c3cccnc3CCO)cccc2O1. The molecule has 1 aromatic carbocycles. The fourth-order valence-electron chi connectivity index (χ4n) is 3.82. The summed E-state index contributed by atoms with van der Waals surface area (Å²) in [7, 11) is 0. The van der Waals surface area contributed by atoms with Crippen molar-refractivity contribution in [3.8, 4) is 11.5 Å². The maximum Gasteiger partial charge on any atom is 0.349 e. The van der Waals surface area contributed by atoms with Gasteiger partial charge in [-0.25, -0.2) is 4.79 Å². The number of aromatic nitrogens is 1. The number of morpholine rings is 1. The van der Waals surface area contributed by atoms with Crippen LogP contribution >= 0.6 is 0 Å². The van der Waals surface area contributed by atoms with Crippen LogP contribution in [0, 0.1) is 0 Å². The summed E-state index contributed by atoms with van der Waals surface area (Å²) in [5, 5.41) is 9.30. The lowest BCUT2D eigenvalue weighted by Crippen LogP contribution is -2.51. The first-order chi connectivity index (χ1) is 15.4. The summed E-state index contributed by atoms with van der Waals surface area (Å²) in [5.41, 5.74) is 1.22. The highest BCUT2D eigenvalue weighted by Gasteiger charge is 2.37. The van der Waals surface area contributed by atoms with E-state index >= 15 is 0 Å². The number of aliphatic hydroxyl groups is 1. The minimum absolute atomic E-state index is 0.0962. The van der Waals surface area contributed by atoms with Crippen LogP contribution < -0.4 is 9.47 Å². The molecule has 0 bridgehead atoms. The van der Waals surface area contributed by atoms with Crippen molar-refractivity contribution in [2.75, 3.05) is 33.0 Å². The number of carbonyl (C=O) groups is 2. The van der Waals surface area contributed by atoms with E-state index in [1.54, 1.807) is 55.3 Å². The highest BCUT2D eigenvalue weighted by Crippen LogP contribution is 2.37. The van der Waals surface area contributed by atoms with Gasteiger partial charge < -0.3 is 29.0 Å². The van der Waals surface area contributed by atoms with E-state index < -0.39 is 11.8 Å². The van der Waals surface area contributed by atoms with Crippen molar-refractivity contribution in [3.63, 3.8) is 0 Å². The number of aliphatic hydroxyl groups excluding tert-OH is 1. The van der Waals surface area contributed by atoms with Crippen LogP contribution in [0.2, 0.25) is 0 Å². The lowest BCUT2D eigenvalue weighted by molar-refractivity contribution is -0.127. The van der Waals surface area contributed by atoms with Crippen molar-refractivity contribution in [1.29, 1.82) is 0 Å². The van der Waals surface area contributed by atoms with Crippen molar-refractivity contribution >= 4 is 11.9 Å². The molecular weight excluding hydrogens is 416 g/mol. The molecule has 1 N–H and O–H groups in total. The van der Waals surface area contributed by atoms with Crippen molar-refractivity contribution in [3.05, 3.63) is 53.3 Å². The van der Waals surface area contributed by atoms with E-state index in [2.05, 4.69) is 4.98 Å². The first-order valence-corrected chi connectivity index (χ1v) is 10.5. The Hall–Kier alpha value is -3.17. The molecule has 0 radical (unpaired) electrons. The number of hydrogen-bond acceptors (Lipinski definition) is 8. The summed E-state index contributed by atoms with van der Waals surface area (Å²) in [4.78, 5) is 31.7. The Balaban J connectivity index is 1.52. The highest BCUT2D eigenvalue weighted by atomic mass is 16.7. The molecule has 0 aliphatic carbocycles. The third-order valence-electron chi connectivity index (χ3n) is 5.28. The number of pyridine rings is 1. The smallest absolute Gasteiger partial charge is 0.349 e. The van der Waals surface area contributed by atoms with Crippen LogP contribution in [0.15, 0.2) is 36.5 Å². The molecular formula is C23H26N2O7. The molecule has 1 fully saturated rings. The molecule has 1 aromatic heterocycles. The first-order valence-electron chi connectivity index (χ1n) is 10.5. The molecule has 9 nitrogen and oxygen atoms in total. The van der Waals surface area contributed by atoms with E-state index in [0.717, 1.165) is 0 Å². The zero-order valence-electron chi connectivity index (χ0n) is 18.1. The summed E-state index contributed by atoms with van der Waals surface area (Å²) in [6.07, 6.45) is 1.89. The van der Waals surface area contributed by atoms with E-state index in [0.29, 0.717) is 48.9 Å². The lowest BCUT2D eigenvalue weighted by Gasteiger charge is -2.36. The molecule has 0 saturated carbocycles. The summed E-state index contributed by atoms with van der Waals surface area (Å²) in [6.45, 7) is 4.45. The van der Waals surface area contributed by atoms with Crippen LogP contribution in [0.3, 0.4) is 0 Å². The Morgan fingerprint density at radius 2 is 2.12 bits per heavy atom. The number of rotatable bonds is 6. The van der Waals surface area contributed by atoms with Crippen LogP contribution in [0.5, 0.6) is 11.5 Å². The Morgan fingerprint density at radius 1 is 1.28 bits per heavy atom. The van der Waals surface area contributed by atoms with Crippen LogP contribution in [0.25, 0.3) is 0 Å². The van der Waals surface area contributed by atoms with Gasteiger partial charge in [0.15, 0.2) is 0 Å². The maximum absolute atomic E-state index is 13.3. The highest BCUT2D eigenvalue weighted by molar-refractivity contribution is 5.97. The van der Waals surface area contributed by atoms with Crippen molar-refractivity contribution in [1.82, 2.24) is 9.88 Å². The van der Waals surface area contributed by atoms with E-state index in [-0.39, 0.29) is 30.7 Å². The topological polar surface area (TPSA) is 107 Å². The predicted octanol–water partition coefficient (Wildman–Crippen LogP) is 1.82. The third kappa shape index (κ3) is 4.53. The van der Waals surface area contributed by atoms with Gasteiger partial charge >= 0.3 is 5.97 Å². The first kappa shape index (κ1) is 22.0. The van der Waals surface area contributed by atoms with Gasteiger partial charge in [-0.15, -0.1) is 0 Å². The zero-order valence-corrected chi connectivity index (χ0v) is 18.1. The van der Waals surface area contributed by atoms with Gasteiger partial charge in [0.1, 0.15) is 23.7 Å². The van der Waals surface area contributed by atoms with Gasteiger partial charge in [0.25, 0.3) is 5.91 Å². The molecule has 2 aromatic rings. The standard InChI is InChI=1S/C23H26N2O7/c1-23(2)31-19-7-3-6-18(20(19)22(28)32-23)30-14-15-13-29-12-10-25(15)21(27)16-5-4-9-24-17(16)8-11-26/h3-7,9,15,26H,8,10-14H2,1-2H3. The Labute approximate surface area is 185 Å². The predicted molar refractivity (Wildman–Crippen MR) is 113 cm³/mol. The number of nitrogens with zero attached hydrogens (tertiary/aromatic N) is 2. The summed E-state index contributed by atoms with van der Waals surface area (Å²) < 4.78 is 22.6. The molecule has 32 heavy (non-hydrogen) atoms. The van der Waals surface area contributed by atoms with Gasteiger partial charge in [-0.1, -0.05) is 6.07 Å². The van der Waals surface area contributed by atoms with Gasteiger partial charge in [0.05, 0.1) is 30.5 Å². The molecule has 3 heterocycles. The zero-order chi connectivity index (χ0) is 22.7.